The number of rotatable bonds is 63. The van der Waals surface area contributed by atoms with Crippen molar-refractivity contribution < 1.29 is 24.5 Å². The van der Waals surface area contributed by atoms with Gasteiger partial charge in [0.1, 0.15) is 0 Å². The number of amides is 1. The van der Waals surface area contributed by atoms with E-state index in [1.807, 2.05) is 6.08 Å². The Labute approximate surface area is 474 Å². The average Bonchev–Trinajstić information content (AvgIpc) is 3.42. The molecule has 6 heteroatoms. The fourth-order valence-electron chi connectivity index (χ4n) is 10.4. The standard InChI is InChI=1S/C70H131NO5/c1-3-5-7-9-11-13-15-17-19-20-21-22-23-25-28-31-35-38-42-46-50-54-58-62-68(73)67(66-72)71-69(74)63-59-55-51-47-43-39-36-32-29-26-24-27-30-33-37-41-45-49-53-57-61-65-76-70(75)64-60-56-52-48-44-40-34-18-16-14-12-10-8-6-4-2/h12,14,18,26,29,34,58,62,67-68,72-73H,3-11,13,15-17,19-25,27-28,30-33,35-57,59-61,63-66H2,1-2H3,(H,71,74)/b14-12-,29-26-,34-18-,62-58+. The number of esters is 1. The van der Waals surface area contributed by atoms with Crippen LogP contribution in [0.15, 0.2) is 48.6 Å². The van der Waals surface area contributed by atoms with Gasteiger partial charge in [0.2, 0.25) is 5.91 Å². The molecule has 0 aliphatic carbocycles. The minimum absolute atomic E-state index is 0.00628. The molecule has 0 aromatic heterocycles. The maximum absolute atomic E-state index is 12.5. The van der Waals surface area contributed by atoms with Gasteiger partial charge in [-0.05, 0) is 89.9 Å². The smallest absolute Gasteiger partial charge is 0.305 e. The Morgan fingerprint density at radius 3 is 1.04 bits per heavy atom. The van der Waals surface area contributed by atoms with Crippen LogP contribution in [-0.4, -0.2) is 47.4 Å². The summed E-state index contributed by atoms with van der Waals surface area (Å²) in [6.07, 6.45) is 84.5. The molecule has 0 aromatic rings. The van der Waals surface area contributed by atoms with Crippen LogP contribution in [0.2, 0.25) is 0 Å². The highest BCUT2D eigenvalue weighted by Crippen LogP contribution is 2.18. The largest absolute Gasteiger partial charge is 0.466 e. The summed E-state index contributed by atoms with van der Waals surface area (Å²) >= 11 is 0. The van der Waals surface area contributed by atoms with E-state index in [9.17, 15) is 19.8 Å². The molecule has 0 spiro atoms. The quantitative estimate of drug-likeness (QED) is 0.0320. The third-order valence-corrected chi connectivity index (χ3v) is 15.6. The number of carbonyl (C=O) groups excluding carboxylic acids is 2. The lowest BCUT2D eigenvalue weighted by molar-refractivity contribution is -0.143. The average molecular weight is 1070 g/mol. The number of nitrogens with one attached hydrogen (secondary N) is 1. The predicted molar refractivity (Wildman–Crippen MR) is 333 cm³/mol. The van der Waals surface area contributed by atoms with E-state index in [1.54, 1.807) is 6.08 Å². The van der Waals surface area contributed by atoms with Gasteiger partial charge in [-0.2, -0.15) is 0 Å². The molecule has 0 heterocycles. The van der Waals surface area contributed by atoms with Crippen LogP contribution in [0.3, 0.4) is 0 Å². The summed E-state index contributed by atoms with van der Waals surface area (Å²) in [7, 11) is 0. The van der Waals surface area contributed by atoms with E-state index < -0.39 is 12.1 Å². The summed E-state index contributed by atoms with van der Waals surface area (Å²) in [5, 5.41) is 23.2. The van der Waals surface area contributed by atoms with E-state index in [-0.39, 0.29) is 18.5 Å². The Morgan fingerprint density at radius 1 is 0.368 bits per heavy atom. The van der Waals surface area contributed by atoms with E-state index in [4.69, 9.17) is 4.74 Å². The van der Waals surface area contributed by atoms with Gasteiger partial charge in [0.25, 0.3) is 0 Å². The Hall–Kier alpha value is -2.18. The lowest BCUT2D eigenvalue weighted by Crippen LogP contribution is -2.45. The van der Waals surface area contributed by atoms with Crippen molar-refractivity contribution in [2.45, 2.75) is 373 Å². The van der Waals surface area contributed by atoms with Gasteiger partial charge in [0.15, 0.2) is 0 Å². The molecular weight excluding hydrogens is 935 g/mol. The lowest BCUT2D eigenvalue weighted by Gasteiger charge is -2.20. The monoisotopic (exact) mass is 1070 g/mol. The maximum Gasteiger partial charge on any atom is 0.305 e. The number of carbonyl (C=O) groups is 2. The second-order valence-corrected chi connectivity index (χ2v) is 23.1. The molecule has 0 saturated carbocycles. The Kier molecular flexibility index (Phi) is 63.5. The fraction of sp³-hybridized carbons (Fsp3) is 0.857. The van der Waals surface area contributed by atoms with Gasteiger partial charge in [0, 0.05) is 12.8 Å². The summed E-state index contributed by atoms with van der Waals surface area (Å²) in [5.74, 6) is -0.0794. The van der Waals surface area contributed by atoms with E-state index in [2.05, 4.69) is 55.6 Å². The Bertz CT molecular complexity index is 1270. The highest BCUT2D eigenvalue weighted by atomic mass is 16.5. The highest BCUT2D eigenvalue weighted by Gasteiger charge is 2.18. The predicted octanol–water partition coefficient (Wildman–Crippen LogP) is 21.7. The zero-order chi connectivity index (χ0) is 55.0. The molecule has 0 aliphatic rings. The first-order valence-electron chi connectivity index (χ1n) is 33.9. The molecule has 76 heavy (non-hydrogen) atoms. The number of aliphatic hydroxyl groups is 2. The topological polar surface area (TPSA) is 95.9 Å². The Morgan fingerprint density at radius 2 is 0.658 bits per heavy atom. The van der Waals surface area contributed by atoms with Gasteiger partial charge in [-0.25, -0.2) is 0 Å². The van der Waals surface area contributed by atoms with Crippen molar-refractivity contribution in [1.29, 1.82) is 0 Å². The molecule has 0 radical (unpaired) electrons. The van der Waals surface area contributed by atoms with Crippen molar-refractivity contribution in [3.8, 4) is 0 Å². The minimum Gasteiger partial charge on any atom is -0.466 e. The van der Waals surface area contributed by atoms with Gasteiger partial charge in [-0.1, -0.05) is 306 Å². The van der Waals surface area contributed by atoms with Crippen LogP contribution in [-0.2, 0) is 14.3 Å². The van der Waals surface area contributed by atoms with Crippen molar-refractivity contribution in [3.05, 3.63) is 48.6 Å². The number of hydrogen-bond donors (Lipinski definition) is 3. The van der Waals surface area contributed by atoms with Crippen LogP contribution in [0.1, 0.15) is 361 Å². The fourth-order valence-corrected chi connectivity index (χ4v) is 10.4. The first-order chi connectivity index (χ1) is 37.5. The van der Waals surface area contributed by atoms with Gasteiger partial charge < -0.3 is 20.3 Å². The summed E-state index contributed by atoms with van der Waals surface area (Å²) in [6.45, 7) is 4.89. The molecule has 1 amide bonds. The molecule has 2 unspecified atom stereocenters. The summed E-state index contributed by atoms with van der Waals surface area (Å²) in [4.78, 5) is 24.6. The van der Waals surface area contributed by atoms with Crippen molar-refractivity contribution >= 4 is 11.9 Å². The second-order valence-electron chi connectivity index (χ2n) is 23.1. The van der Waals surface area contributed by atoms with Crippen molar-refractivity contribution in [2.75, 3.05) is 13.2 Å². The van der Waals surface area contributed by atoms with Gasteiger partial charge in [-0.15, -0.1) is 0 Å². The van der Waals surface area contributed by atoms with Gasteiger partial charge in [0.05, 0.1) is 25.4 Å². The SMILES string of the molecule is CCCCC/C=C\C/C=C\CCCCCCCC(=O)OCCCCCCCCCCCC/C=C\CCCCCCCCCC(=O)NC(CO)C(O)/C=C/CCCCCCCCCCCCCCCCCCCCCCC. The van der Waals surface area contributed by atoms with Crippen LogP contribution < -0.4 is 5.32 Å². The molecule has 3 N–H and O–H groups in total. The molecule has 0 bridgehead atoms. The number of unbranched alkanes of at least 4 members (excludes halogenated alkanes) is 46. The summed E-state index contributed by atoms with van der Waals surface area (Å²) in [6, 6.07) is -0.636. The molecule has 6 nitrogen and oxygen atoms in total. The van der Waals surface area contributed by atoms with Crippen LogP contribution >= 0.6 is 0 Å². The van der Waals surface area contributed by atoms with Crippen LogP contribution in [0.25, 0.3) is 0 Å². The molecular formula is C70H131NO5. The van der Waals surface area contributed by atoms with Crippen LogP contribution in [0, 0.1) is 0 Å². The first kappa shape index (κ1) is 73.8. The van der Waals surface area contributed by atoms with Crippen molar-refractivity contribution in [3.63, 3.8) is 0 Å². The van der Waals surface area contributed by atoms with Crippen LogP contribution in [0.4, 0.5) is 0 Å². The number of hydrogen-bond acceptors (Lipinski definition) is 5. The minimum atomic E-state index is -0.852. The van der Waals surface area contributed by atoms with Crippen molar-refractivity contribution in [2.24, 2.45) is 0 Å². The van der Waals surface area contributed by atoms with Gasteiger partial charge in [-0.3, -0.25) is 9.59 Å². The van der Waals surface area contributed by atoms with E-state index in [0.717, 1.165) is 57.8 Å². The number of aliphatic hydroxyl groups excluding tert-OH is 2. The van der Waals surface area contributed by atoms with Crippen molar-refractivity contribution in [1.82, 2.24) is 5.32 Å². The Balaban J connectivity index is 3.46. The van der Waals surface area contributed by atoms with Crippen LogP contribution in [0.5, 0.6) is 0 Å². The number of allylic oxidation sites excluding steroid dienone is 7. The lowest BCUT2D eigenvalue weighted by atomic mass is 10.0. The van der Waals surface area contributed by atoms with E-state index >= 15 is 0 Å². The summed E-state index contributed by atoms with van der Waals surface area (Å²) < 4.78 is 5.48. The third-order valence-electron chi connectivity index (χ3n) is 15.6. The highest BCUT2D eigenvalue weighted by molar-refractivity contribution is 5.76. The first-order valence-corrected chi connectivity index (χ1v) is 33.9. The normalized spacial score (nSPS) is 12.8. The molecule has 0 fully saturated rings. The molecule has 0 aromatic carbocycles. The third kappa shape index (κ3) is 61.0. The molecule has 0 rings (SSSR count). The van der Waals surface area contributed by atoms with E-state index in [1.165, 1.54) is 276 Å². The molecule has 2 atom stereocenters. The molecule has 446 valence electrons. The zero-order valence-corrected chi connectivity index (χ0v) is 51.0. The molecule has 0 saturated heterocycles. The zero-order valence-electron chi connectivity index (χ0n) is 51.0. The second kappa shape index (κ2) is 65.3. The number of ether oxygens (including phenoxy) is 1. The maximum atomic E-state index is 12.5. The summed E-state index contributed by atoms with van der Waals surface area (Å²) in [5.41, 5.74) is 0. The van der Waals surface area contributed by atoms with E-state index in [0.29, 0.717) is 19.4 Å². The molecule has 0 aliphatic heterocycles. The van der Waals surface area contributed by atoms with Gasteiger partial charge >= 0.3 is 5.97 Å².